The predicted octanol–water partition coefficient (Wildman–Crippen LogP) is 5.86. The van der Waals surface area contributed by atoms with Crippen LogP contribution in [0.4, 0.5) is 4.79 Å². The molecule has 186 valence electrons. The van der Waals surface area contributed by atoms with E-state index in [4.69, 9.17) is 28.3 Å². The molecule has 7 nitrogen and oxygen atoms in total. The van der Waals surface area contributed by atoms with Crippen LogP contribution in [0.3, 0.4) is 0 Å². The number of amides is 2. The van der Waals surface area contributed by atoms with Crippen molar-refractivity contribution in [1.82, 2.24) is 19.8 Å². The number of hydrogen-bond donors (Lipinski definition) is 2. The Balaban J connectivity index is 1.24. The van der Waals surface area contributed by atoms with E-state index >= 15 is 0 Å². The number of carbonyl (C=O) groups is 1. The monoisotopic (exact) mass is 560 g/mol. The van der Waals surface area contributed by atoms with Crippen molar-refractivity contribution in [1.29, 1.82) is 0 Å². The maximum Gasteiger partial charge on any atom is 0.328 e. The standard InChI is InChI=1S/C25H22Cl2N4O3S2/c26-21-13-22(35-24(21)27)36(33,34)30-25(32)28-11-10-18-6-3-7-20-15-31(29-23(18)20)14-16-8-9-17-4-1-2-5-19(17)12-16/h1-2,4-5,8-10,12-13,15H,3,6-7,11,14H2,(H2,28,30,32). The number of aryl methyl sites for hydroxylation is 1. The minimum absolute atomic E-state index is 0.125. The number of nitrogens with one attached hydrogen (secondary N) is 2. The maximum atomic E-state index is 12.4. The van der Waals surface area contributed by atoms with Gasteiger partial charge in [0.1, 0.15) is 8.55 Å². The van der Waals surface area contributed by atoms with E-state index in [-0.39, 0.29) is 20.1 Å². The topological polar surface area (TPSA) is 93.1 Å². The zero-order valence-electron chi connectivity index (χ0n) is 19.0. The summed E-state index contributed by atoms with van der Waals surface area (Å²) in [6.45, 7) is 0.833. The molecule has 36 heavy (non-hydrogen) atoms. The van der Waals surface area contributed by atoms with Crippen LogP contribution in [0.25, 0.3) is 16.3 Å². The van der Waals surface area contributed by atoms with Crippen LogP contribution in [0.1, 0.15) is 29.7 Å². The molecule has 1 aliphatic rings. The van der Waals surface area contributed by atoms with Gasteiger partial charge in [0.2, 0.25) is 0 Å². The van der Waals surface area contributed by atoms with E-state index in [0.29, 0.717) is 6.54 Å². The van der Waals surface area contributed by atoms with Gasteiger partial charge in [0.05, 0.1) is 17.3 Å². The third-order valence-corrected chi connectivity index (χ3v) is 9.59. The van der Waals surface area contributed by atoms with E-state index in [2.05, 4.69) is 41.8 Å². The first-order chi connectivity index (χ1) is 17.3. The first-order valence-corrected chi connectivity index (χ1v) is 14.3. The number of allylic oxidation sites excluding steroid dienone is 1. The van der Waals surface area contributed by atoms with Gasteiger partial charge in [-0.3, -0.25) is 4.68 Å². The molecule has 2 heterocycles. The van der Waals surface area contributed by atoms with Crippen molar-refractivity contribution < 1.29 is 13.2 Å². The molecular weight excluding hydrogens is 539 g/mol. The Morgan fingerprint density at radius 1 is 1.11 bits per heavy atom. The molecular formula is C25H22Cl2N4O3S2. The van der Waals surface area contributed by atoms with Crippen molar-refractivity contribution in [3.63, 3.8) is 0 Å². The van der Waals surface area contributed by atoms with Gasteiger partial charge in [0.25, 0.3) is 10.0 Å². The van der Waals surface area contributed by atoms with Crippen LogP contribution in [-0.4, -0.2) is 30.8 Å². The van der Waals surface area contributed by atoms with Crippen LogP contribution in [-0.2, 0) is 23.0 Å². The number of fused-ring (bicyclic) bond motifs is 2. The summed E-state index contributed by atoms with van der Waals surface area (Å²) in [4.78, 5) is 12.2. The van der Waals surface area contributed by atoms with Crippen molar-refractivity contribution in [3.05, 3.63) is 87.0 Å². The van der Waals surface area contributed by atoms with Crippen LogP contribution in [0.2, 0.25) is 9.36 Å². The Morgan fingerprint density at radius 3 is 2.69 bits per heavy atom. The van der Waals surface area contributed by atoms with Crippen LogP contribution >= 0.6 is 34.5 Å². The van der Waals surface area contributed by atoms with Gasteiger partial charge in [-0.2, -0.15) is 5.10 Å². The highest BCUT2D eigenvalue weighted by Gasteiger charge is 2.22. The normalized spacial score (nSPS) is 14.7. The van der Waals surface area contributed by atoms with E-state index in [9.17, 15) is 13.2 Å². The van der Waals surface area contributed by atoms with Gasteiger partial charge >= 0.3 is 6.03 Å². The fraction of sp³-hybridized carbons (Fsp3) is 0.200. The molecule has 0 spiro atoms. The summed E-state index contributed by atoms with van der Waals surface area (Å²) in [6, 6.07) is 15.1. The molecule has 2 N–H and O–H groups in total. The van der Waals surface area contributed by atoms with Crippen molar-refractivity contribution in [2.75, 3.05) is 6.54 Å². The average Bonchev–Trinajstić information content (AvgIpc) is 3.42. The lowest BCUT2D eigenvalue weighted by Gasteiger charge is -2.13. The Labute approximate surface area is 222 Å². The number of sulfonamides is 1. The van der Waals surface area contributed by atoms with E-state index in [1.54, 1.807) is 0 Å². The lowest BCUT2D eigenvalue weighted by Crippen LogP contribution is -2.39. The summed E-state index contributed by atoms with van der Waals surface area (Å²) in [7, 11) is -4.05. The minimum Gasteiger partial charge on any atom is -0.334 e. The fourth-order valence-electron chi connectivity index (χ4n) is 4.24. The molecule has 0 saturated carbocycles. The zero-order chi connectivity index (χ0) is 25.3. The molecule has 0 aliphatic heterocycles. The Bertz CT molecular complexity index is 1570. The van der Waals surface area contributed by atoms with Gasteiger partial charge in [0, 0.05) is 12.7 Å². The quantitative estimate of drug-likeness (QED) is 0.309. The average molecular weight is 562 g/mol. The Hall–Kier alpha value is -2.85. The first-order valence-electron chi connectivity index (χ1n) is 11.3. The van der Waals surface area contributed by atoms with Crippen molar-refractivity contribution >= 4 is 66.9 Å². The second kappa shape index (κ2) is 10.3. The maximum absolute atomic E-state index is 12.4. The zero-order valence-corrected chi connectivity index (χ0v) is 22.1. The van der Waals surface area contributed by atoms with E-state index < -0.39 is 16.1 Å². The third kappa shape index (κ3) is 5.44. The number of rotatable bonds is 6. The van der Waals surface area contributed by atoms with Crippen LogP contribution in [0, 0.1) is 0 Å². The number of halogens is 2. The second-order valence-electron chi connectivity index (χ2n) is 8.47. The van der Waals surface area contributed by atoms with Gasteiger partial charge < -0.3 is 5.32 Å². The number of thiophene rings is 1. The summed E-state index contributed by atoms with van der Waals surface area (Å²) in [5.41, 5.74) is 4.31. The molecule has 0 atom stereocenters. The van der Waals surface area contributed by atoms with E-state index in [0.717, 1.165) is 41.9 Å². The minimum atomic E-state index is -4.05. The number of nitrogens with zero attached hydrogens (tertiary/aromatic N) is 2. The smallest absolute Gasteiger partial charge is 0.328 e. The molecule has 11 heteroatoms. The lowest BCUT2D eigenvalue weighted by atomic mass is 9.93. The molecule has 0 fully saturated rings. The lowest BCUT2D eigenvalue weighted by molar-refractivity contribution is 0.247. The number of aromatic nitrogens is 2. The summed E-state index contributed by atoms with van der Waals surface area (Å²) in [5, 5.41) is 9.92. The highest BCUT2D eigenvalue weighted by molar-refractivity contribution is 7.92. The molecule has 0 saturated heterocycles. The molecule has 5 rings (SSSR count). The third-order valence-electron chi connectivity index (χ3n) is 5.92. The molecule has 2 aromatic heterocycles. The molecule has 2 aromatic carbocycles. The van der Waals surface area contributed by atoms with Crippen molar-refractivity contribution in [2.45, 2.75) is 30.0 Å². The second-order valence-corrected chi connectivity index (χ2v) is 12.4. The molecule has 0 bridgehead atoms. The number of urea groups is 1. The van der Waals surface area contributed by atoms with Crippen LogP contribution in [0.15, 0.2) is 65.0 Å². The van der Waals surface area contributed by atoms with E-state index in [1.165, 1.54) is 28.0 Å². The van der Waals surface area contributed by atoms with Crippen LogP contribution < -0.4 is 10.0 Å². The van der Waals surface area contributed by atoms with Gasteiger partial charge in [-0.25, -0.2) is 17.9 Å². The van der Waals surface area contributed by atoms with Gasteiger partial charge in [-0.1, -0.05) is 65.7 Å². The summed E-state index contributed by atoms with van der Waals surface area (Å²) in [5.74, 6) is 0. The summed E-state index contributed by atoms with van der Waals surface area (Å²) < 4.78 is 28.7. The summed E-state index contributed by atoms with van der Waals surface area (Å²) in [6.07, 6.45) is 6.75. The summed E-state index contributed by atoms with van der Waals surface area (Å²) >= 11 is 12.4. The highest BCUT2D eigenvalue weighted by atomic mass is 35.5. The number of carbonyl (C=O) groups excluding carboxylic acids is 1. The van der Waals surface area contributed by atoms with Gasteiger partial charge in [0.15, 0.2) is 0 Å². The van der Waals surface area contributed by atoms with E-state index in [1.807, 2.05) is 27.6 Å². The first kappa shape index (κ1) is 24.8. The largest absolute Gasteiger partial charge is 0.334 e. The van der Waals surface area contributed by atoms with Gasteiger partial charge in [-0.05, 0) is 58.9 Å². The Kier molecular flexibility index (Phi) is 7.07. The van der Waals surface area contributed by atoms with Crippen molar-refractivity contribution in [2.24, 2.45) is 0 Å². The van der Waals surface area contributed by atoms with Gasteiger partial charge in [-0.15, -0.1) is 11.3 Å². The molecule has 1 aliphatic carbocycles. The molecule has 0 unspecified atom stereocenters. The molecule has 2 amide bonds. The number of benzene rings is 2. The van der Waals surface area contributed by atoms with Crippen molar-refractivity contribution in [3.8, 4) is 0 Å². The predicted molar refractivity (Wildman–Crippen MR) is 144 cm³/mol. The molecule has 0 radical (unpaired) electrons. The Morgan fingerprint density at radius 2 is 1.92 bits per heavy atom. The number of hydrogen-bond acceptors (Lipinski definition) is 5. The fourth-order valence-corrected chi connectivity index (χ4v) is 7.05. The SMILES string of the molecule is O=C(NCC=C1CCCc2cn(Cc3ccc4ccccc4c3)nc21)NS(=O)(=O)c1cc(Cl)c(Cl)s1. The van der Waals surface area contributed by atoms with Crippen LogP contribution in [0.5, 0.6) is 0 Å². The highest BCUT2D eigenvalue weighted by Crippen LogP contribution is 2.34. The molecule has 4 aromatic rings.